The molecule has 184 valence electrons. The topological polar surface area (TPSA) is 92.4 Å². The van der Waals surface area contributed by atoms with E-state index in [4.69, 9.17) is 14.5 Å². The molecule has 0 spiro atoms. The Balaban J connectivity index is 1.25. The van der Waals surface area contributed by atoms with Gasteiger partial charge in [0.15, 0.2) is 0 Å². The molecule has 4 heterocycles. The zero-order chi connectivity index (χ0) is 24.8. The number of hydrogen-bond acceptors (Lipinski definition) is 6. The lowest BCUT2D eigenvalue weighted by Gasteiger charge is -2.25. The predicted octanol–water partition coefficient (Wildman–Crippen LogP) is 4.72. The SMILES string of the molecule is Cc1cc(CN(C)C)cc2[nH]c(C3COc4ccc(Oc5ccnc6c5CCC(=O)N6)cc4C3)nc12. The first-order chi connectivity index (χ1) is 17.4. The highest BCUT2D eigenvalue weighted by Gasteiger charge is 2.26. The number of amides is 1. The number of carbonyl (C=O) groups excluding carboxylic acids is 1. The number of hydrogen-bond donors (Lipinski definition) is 2. The highest BCUT2D eigenvalue weighted by molar-refractivity contribution is 5.93. The Kier molecular flexibility index (Phi) is 5.60. The smallest absolute Gasteiger partial charge is 0.225 e. The van der Waals surface area contributed by atoms with E-state index in [2.05, 4.69) is 53.3 Å². The summed E-state index contributed by atoms with van der Waals surface area (Å²) in [7, 11) is 4.15. The number of anilines is 1. The van der Waals surface area contributed by atoms with Crippen molar-refractivity contribution in [3.05, 3.63) is 70.7 Å². The molecular weight excluding hydrogens is 454 g/mol. The summed E-state index contributed by atoms with van der Waals surface area (Å²) in [5, 5.41) is 2.82. The van der Waals surface area contributed by atoms with Gasteiger partial charge in [0.25, 0.3) is 0 Å². The maximum atomic E-state index is 11.7. The van der Waals surface area contributed by atoms with Crippen LogP contribution in [0.4, 0.5) is 5.82 Å². The van der Waals surface area contributed by atoms with Crippen LogP contribution in [0.2, 0.25) is 0 Å². The third kappa shape index (κ3) is 4.28. The minimum absolute atomic E-state index is 0.0150. The van der Waals surface area contributed by atoms with Crippen LogP contribution in [0.5, 0.6) is 17.2 Å². The van der Waals surface area contributed by atoms with Gasteiger partial charge in [0.1, 0.15) is 28.9 Å². The van der Waals surface area contributed by atoms with Gasteiger partial charge in [-0.3, -0.25) is 4.79 Å². The Morgan fingerprint density at radius 3 is 2.92 bits per heavy atom. The van der Waals surface area contributed by atoms with Crippen molar-refractivity contribution >= 4 is 22.8 Å². The quantitative estimate of drug-likeness (QED) is 0.427. The van der Waals surface area contributed by atoms with Crippen LogP contribution in [0.3, 0.4) is 0 Å². The van der Waals surface area contributed by atoms with Crippen molar-refractivity contribution in [2.75, 3.05) is 26.0 Å². The Bertz CT molecular complexity index is 1480. The number of nitrogens with one attached hydrogen (secondary N) is 2. The summed E-state index contributed by atoms with van der Waals surface area (Å²) in [5.74, 6) is 3.97. The van der Waals surface area contributed by atoms with Crippen molar-refractivity contribution in [1.29, 1.82) is 0 Å². The van der Waals surface area contributed by atoms with Gasteiger partial charge >= 0.3 is 0 Å². The number of benzene rings is 2. The fourth-order valence-corrected chi connectivity index (χ4v) is 5.12. The van der Waals surface area contributed by atoms with Crippen LogP contribution < -0.4 is 14.8 Å². The Morgan fingerprint density at radius 1 is 1.17 bits per heavy atom. The second-order valence-electron chi connectivity index (χ2n) is 9.94. The summed E-state index contributed by atoms with van der Waals surface area (Å²) < 4.78 is 12.4. The summed E-state index contributed by atoms with van der Waals surface area (Å²) in [6, 6.07) is 12.2. The maximum absolute atomic E-state index is 11.7. The first-order valence-electron chi connectivity index (χ1n) is 12.3. The highest BCUT2D eigenvalue weighted by atomic mass is 16.5. The average molecular weight is 484 g/mol. The molecule has 2 aromatic heterocycles. The zero-order valence-corrected chi connectivity index (χ0v) is 20.7. The third-order valence-electron chi connectivity index (χ3n) is 6.78. The molecule has 0 aliphatic carbocycles. The summed E-state index contributed by atoms with van der Waals surface area (Å²) in [6.07, 6.45) is 3.51. The van der Waals surface area contributed by atoms with Crippen LogP contribution in [0.15, 0.2) is 42.6 Å². The number of aryl methyl sites for hydroxylation is 1. The van der Waals surface area contributed by atoms with E-state index in [-0.39, 0.29) is 11.8 Å². The van der Waals surface area contributed by atoms with Crippen molar-refractivity contribution in [2.45, 2.75) is 38.6 Å². The monoisotopic (exact) mass is 483 g/mol. The lowest BCUT2D eigenvalue weighted by atomic mass is 9.96. The van der Waals surface area contributed by atoms with Crippen molar-refractivity contribution in [2.24, 2.45) is 0 Å². The molecular formula is C28H29N5O3. The van der Waals surface area contributed by atoms with Crippen LogP contribution in [0.1, 0.15) is 40.4 Å². The molecule has 4 aromatic rings. The number of imidazole rings is 1. The van der Waals surface area contributed by atoms with Crippen LogP contribution in [0.25, 0.3) is 11.0 Å². The van der Waals surface area contributed by atoms with Crippen molar-refractivity contribution < 1.29 is 14.3 Å². The number of ether oxygens (including phenoxy) is 2. The molecule has 2 N–H and O–H groups in total. The van der Waals surface area contributed by atoms with E-state index < -0.39 is 0 Å². The van der Waals surface area contributed by atoms with E-state index in [9.17, 15) is 4.79 Å². The molecule has 36 heavy (non-hydrogen) atoms. The van der Waals surface area contributed by atoms with Crippen molar-refractivity contribution in [1.82, 2.24) is 19.9 Å². The normalized spacial score (nSPS) is 16.9. The number of fused-ring (bicyclic) bond motifs is 3. The number of aromatic nitrogens is 3. The van der Waals surface area contributed by atoms with E-state index in [0.29, 0.717) is 25.3 Å². The molecule has 6 rings (SSSR count). The van der Waals surface area contributed by atoms with E-state index in [1.54, 1.807) is 6.20 Å². The van der Waals surface area contributed by atoms with E-state index in [0.717, 1.165) is 58.2 Å². The lowest BCUT2D eigenvalue weighted by molar-refractivity contribution is -0.116. The molecule has 0 saturated heterocycles. The van der Waals surface area contributed by atoms with Gasteiger partial charge in [0, 0.05) is 24.7 Å². The molecule has 0 radical (unpaired) electrons. The second-order valence-corrected chi connectivity index (χ2v) is 9.94. The molecule has 0 bridgehead atoms. The average Bonchev–Trinajstić information content (AvgIpc) is 3.28. The van der Waals surface area contributed by atoms with Gasteiger partial charge in [-0.1, -0.05) is 6.07 Å². The Morgan fingerprint density at radius 2 is 2.06 bits per heavy atom. The molecule has 1 unspecified atom stereocenters. The minimum Gasteiger partial charge on any atom is -0.493 e. The van der Waals surface area contributed by atoms with E-state index >= 15 is 0 Å². The van der Waals surface area contributed by atoms with Gasteiger partial charge in [-0.25, -0.2) is 9.97 Å². The van der Waals surface area contributed by atoms with Crippen LogP contribution in [-0.4, -0.2) is 46.5 Å². The first kappa shape index (κ1) is 22.5. The predicted molar refractivity (Wildman–Crippen MR) is 138 cm³/mol. The fraction of sp³-hybridized carbons (Fsp3) is 0.321. The molecule has 2 aliphatic heterocycles. The maximum Gasteiger partial charge on any atom is 0.225 e. The van der Waals surface area contributed by atoms with Gasteiger partial charge in [0.2, 0.25) is 5.91 Å². The van der Waals surface area contributed by atoms with Gasteiger partial charge in [-0.15, -0.1) is 0 Å². The van der Waals surface area contributed by atoms with Crippen molar-refractivity contribution in [3.63, 3.8) is 0 Å². The van der Waals surface area contributed by atoms with Crippen molar-refractivity contribution in [3.8, 4) is 17.2 Å². The number of rotatable bonds is 5. The van der Waals surface area contributed by atoms with Gasteiger partial charge in [-0.2, -0.15) is 0 Å². The summed E-state index contributed by atoms with van der Waals surface area (Å²) in [4.78, 5) is 26.7. The lowest BCUT2D eigenvalue weighted by Crippen LogP contribution is -2.20. The summed E-state index contributed by atoms with van der Waals surface area (Å²) >= 11 is 0. The van der Waals surface area contributed by atoms with Gasteiger partial charge in [-0.05, 0) is 80.9 Å². The van der Waals surface area contributed by atoms with Crippen LogP contribution in [0, 0.1) is 6.92 Å². The number of H-pyrrole nitrogens is 1. The second kappa shape index (κ2) is 8.95. The Labute approximate surface area is 209 Å². The van der Waals surface area contributed by atoms with E-state index in [1.165, 1.54) is 11.1 Å². The molecule has 2 aliphatic rings. The number of carbonyl (C=O) groups is 1. The zero-order valence-electron chi connectivity index (χ0n) is 20.7. The molecule has 0 saturated carbocycles. The van der Waals surface area contributed by atoms with Crippen LogP contribution in [-0.2, 0) is 24.2 Å². The van der Waals surface area contributed by atoms with E-state index in [1.807, 2.05) is 24.3 Å². The summed E-state index contributed by atoms with van der Waals surface area (Å²) in [6.45, 7) is 3.58. The molecule has 8 heteroatoms. The number of nitrogens with zero attached hydrogens (tertiary/aromatic N) is 3. The molecule has 2 aromatic carbocycles. The van der Waals surface area contributed by atoms with Gasteiger partial charge < -0.3 is 24.7 Å². The largest absolute Gasteiger partial charge is 0.493 e. The fourth-order valence-electron chi connectivity index (χ4n) is 5.12. The number of pyridine rings is 1. The first-order valence-corrected chi connectivity index (χ1v) is 12.3. The third-order valence-corrected chi connectivity index (χ3v) is 6.78. The van der Waals surface area contributed by atoms with Gasteiger partial charge in [0.05, 0.1) is 23.6 Å². The molecule has 8 nitrogen and oxygen atoms in total. The highest BCUT2D eigenvalue weighted by Crippen LogP contribution is 2.38. The standard InChI is InChI=1S/C28H29N5O3/c1-16-10-17(14-33(2)3)11-22-26(16)32-27(30-22)19-12-18-13-20(4-6-23(18)35-15-19)36-24-8-9-29-28-21(24)5-7-25(34)31-28/h4,6,8-11,13,19H,5,7,12,14-15H2,1-3H3,(H,30,32)(H,29,31,34). The molecule has 1 atom stereocenters. The Hall–Kier alpha value is -3.91. The molecule has 1 amide bonds. The number of aromatic amines is 1. The minimum atomic E-state index is -0.0150. The van der Waals surface area contributed by atoms with Crippen LogP contribution >= 0.6 is 0 Å². The summed E-state index contributed by atoms with van der Waals surface area (Å²) in [5.41, 5.74) is 6.55. The molecule has 0 fully saturated rings.